The molecule has 2 heterocycles. The molecule has 0 spiro atoms. The second-order valence-corrected chi connectivity index (χ2v) is 7.48. The zero-order valence-corrected chi connectivity index (χ0v) is 13.3. The highest BCUT2D eigenvalue weighted by Crippen LogP contribution is 2.31. The van der Waals surface area contributed by atoms with Gasteiger partial charge in [-0.05, 0) is 27.8 Å². The van der Waals surface area contributed by atoms with Gasteiger partial charge in [0.05, 0.1) is 0 Å². The Hall–Kier alpha value is -0.960. The van der Waals surface area contributed by atoms with Crippen molar-refractivity contribution in [1.82, 2.24) is 19.3 Å². The van der Waals surface area contributed by atoms with E-state index < -0.39 is 10.0 Å². The molecule has 1 aromatic heterocycles. The highest BCUT2D eigenvalue weighted by molar-refractivity contribution is 9.10. The first kappa shape index (κ1) is 14.4. The smallest absolute Gasteiger partial charge is 0.274 e. The first-order valence-electron chi connectivity index (χ1n) is 5.86. The molecule has 0 radical (unpaired) electrons. The standard InChI is InChI=1S/C10H15BrN4O3S/c1-6(2)7-4-8(16)15(5-7)19(17,18)10-9(11)12-13-14(10)3/h6-7H,4-5H2,1-3H3. The second kappa shape index (κ2) is 4.86. The molecule has 1 atom stereocenters. The molecule has 106 valence electrons. The molecule has 0 aliphatic carbocycles. The third kappa shape index (κ3) is 2.40. The lowest BCUT2D eigenvalue weighted by Crippen LogP contribution is -2.34. The summed E-state index contributed by atoms with van der Waals surface area (Å²) in [6.45, 7) is 4.18. The van der Waals surface area contributed by atoms with E-state index in [-0.39, 0.29) is 40.3 Å². The number of hydrogen-bond acceptors (Lipinski definition) is 5. The van der Waals surface area contributed by atoms with Crippen molar-refractivity contribution in [3.63, 3.8) is 0 Å². The number of halogens is 1. The number of aromatic nitrogens is 3. The highest BCUT2D eigenvalue weighted by Gasteiger charge is 2.41. The van der Waals surface area contributed by atoms with Gasteiger partial charge in [0.1, 0.15) is 0 Å². The largest absolute Gasteiger partial charge is 0.286 e. The average molecular weight is 351 g/mol. The van der Waals surface area contributed by atoms with Gasteiger partial charge in [-0.25, -0.2) is 8.99 Å². The maximum Gasteiger partial charge on any atom is 0.286 e. The maximum atomic E-state index is 12.5. The van der Waals surface area contributed by atoms with Crippen LogP contribution in [0.2, 0.25) is 0 Å². The molecule has 0 N–H and O–H groups in total. The third-order valence-electron chi connectivity index (χ3n) is 3.33. The summed E-state index contributed by atoms with van der Waals surface area (Å²) in [7, 11) is -2.42. The summed E-state index contributed by atoms with van der Waals surface area (Å²) in [6.07, 6.45) is 0.264. The lowest BCUT2D eigenvalue weighted by atomic mass is 9.95. The Morgan fingerprint density at radius 3 is 2.47 bits per heavy atom. The summed E-state index contributed by atoms with van der Waals surface area (Å²) >= 11 is 3.05. The summed E-state index contributed by atoms with van der Waals surface area (Å²) in [4.78, 5) is 11.9. The Morgan fingerprint density at radius 1 is 1.42 bits per heavy atom. The number of carbonyl (C=O) groups is 1. The van der Waals surface area contributed by atoms with E-state index in [1.165, 1.54) is 7.05 Å². The number of rotatable bonds is 3. The number of aryl methyl sites for hydroxylation is 1. The van der Waals surface area contributed by atoms with Crippen molar-refractivity contribution < 1.29 is 13.2 Å². The van der Waals surface area contributed by atoms with Gasteiger partial charge in [-0.3, -0.25) is 4.79 Å². The molecule has 1 fully saturated rings. The van der Waals surface area contributed by atoms with E-state index in [0.29, 0.717) is 0 Å². The van der Waals surface area contributed by atoms with Crippen LogP contribution in [-0.4, -0.2) is 40.2 Å². The van der Waals surface area contributed by atoms with Gasteiger partial charge in [0.2, 0.25) is 10.9 Å². The van der Waals surface area contributed by atoms with Crippen LogP contribution in [0.4, 0.5) is 0 Å². The van der Waals surface area contributed by atoms with Crippen LogP contribution in [0.3, 0.4) is 0 Å². The van der Waals surface area contributed by atoms with Crippen LogP contribution in [0.1, 0.15) is 20.3 Å². The fourth-order valence-electron chi connectivity index (χ4n) is 2.09. The molecule has 0 aromatic carbocycles. The normalized spacial score (nSPS) is 20.6. The van der Waals surface area contributed by atoms with E-state index in [1.807, 2.05) is 13.8 Å². The molecule has 0 bridgehead atoms. The van der Waals surface area contributed by atoms with Crippen LogP contribution in [0.5, 0.6) is 0 Å². The molecule has 1 saturated heterocycles. The molecule has 0 saturated carbocycles. The van der Waals surface area contributed by atoms with Crippen molar-refractivity contribution >= 4 is 31.9 Å². The van der Waals surface area contributed by atoms with Crippen LogP contribution < -0.4 is 0 Å². The van der Waals surface area contributed by atoms with Gasteiger partial charge in [0.25, 0.3) is 10.0 Å². The van der Waals surface area contributed by atoms with Gasteiger partial charge in [0, 0.05) is 20.0 Å². The van der Waals surface area contributed by atoms with Crippen molar-refractivity contribution in [3.8, 4) is 0 Å². The number of carbonyl (C=O) groups excluding carboxylic acids is 1. The second-order valence-electron chi connectivity index (χ2n) is 4.95. The van der Waals surface area contributed by atoms with Gasteiger partial charge >= 0.3 is 0 Å². The van der Waals surface area contributed by atoms with E-state index >= 15 is 0 Å². The predicted molar refractivity (Wildman–Crippen MR) is 70.5 cm³/mol. The molecular formula is C10H15BrN4O3S. The lowest BCUT2D eigenvalue weighted by Gasteiger charge is -2.18. The summed E-state index contributed by atoms with van der Waals surface area (Å²) in [6, 6.07) is 0. The molecular weight excluding hydrogens is 336 g/mol. The molecule has 1 amide bonds. The highest BCUT2D eigenvalue weighted by atomic mass is 79.9. The Balaban J connectivity index is 2.39. The number of nitrogens with zero attached hydrogens (tertiary/aromatic N) is 4. The van der Waals surface area contributed by atoms with Crippen molar-refractivity contribution in [3.05, 3.63) is 4.60 Å². The molecule has 1 unspecified atom stereocenters. The first-order valence-corrected chi connectivity index (χ1v) is 8.09. The van der Waals surface area contributed by atoms with Crippen molar-refractivity contribution in [1.29, 1.82) is 0 Å². The molecule has 19 heavy (non-hydrogen) atoms. The van der Waals surface area contributed by atoms with E-state index in [4.69, 9.17) is 0 Å². The van der Waals surface area contributed by atoms with Crippen molar-refractivity contribution in [2.24, 2.45) is 18.9 Å². The number of amides is 1. The summed E-state index contributed by atoms with van der Waals surface area (Å²) in [5.41, 5.74) is 0. The molecule has 7 nitrogen and oxygen atoms in total. The minimum Gasteiger partial charge on any atom is -0.274 e. The minimum atomic E-state index is -3.90. The molecule has 1 aliphatic rings. The van der Waals surface area contributed by atoms with Gasteiger partial charge in [-0.15, -0.1) is 5.10 Å². The maximum absolute atomic E-state index is 12.5. The quantitative estimate of drug-likeness (QED) is 0.803. The fourth-order valence-corrected chi connectivity index (χ4v) is 4.59. The van der Waals surface area contributed by atoms with Crippen LogP contribution in [0.15, 0.2) is 9.63 Å². The van der Waals surface area contributed by atoms with Crippen LogP contribution in [0.25, 0.3) is 0 Å². The molecule has 1 aromatic rings. The lowest BCUT2D eigenvalue weighted by molar-refractivity contribution is -0.123. The Bertz CT molecular complexity index is 591. The van der Waals surface area contributed by atoms with Crippen LogP contribution in [-0.2, 0) is 21.9 Å². The van der Waals surface area contributed by atoms with Crippen LogP contribution in [0, 0.1) is 11.8 Å². The first-order chi connectivity index (χ1) is 8.75. The number of sulfonamides is 1. The Morgan fingerprint density at radius 2 is 2.05 bits per heavy atom. The van der Waals surface area contributed by atoms with Crippen molar-refractivity contribution in [2.75, 3.05) is 6.54 Å². The van der Waals surface area contributed by atoms with Gasteiger partial charge in [-0.2, -0.15) is 8.42 Å². The van der Waals surface area contributed by atoms with Gasteiger partial charge in [-0.1, -0.05) is 19.1 Å². The predicted octanol–water partition coefficient (Wildman–Crippen LogP) is 0.771. The number of hydrogen-bond donors (Lipinski definition) is 0. The monoisotopic (exact) mass is 350 g/mol. The zero-order valence-electron chi connectivity index (χ0n) is 10.9. The fraction of sp³-hybridized carbons (Fsp3) is 0.700. The minimum absolute atomic E-state index is 0.0576. The van der Waals surface area contributed by atoms with Crippen molar-refractivity contribution in [2.45, 2.75) is 25.3 Å². The molecule has 2 rings (SSSR count). The molecule has 9 heteroatoms. The van der Waals surface area contributed by atoms with E-state index in [2.05, 4.69) is 26.2 Å². The van der Waals surface area contributed by atoms with Crippen LogP contribution >= 0.6 is 15.9 Å². The Labute approximate surface area is 120 Å². The summed E-state index contributed by atoms with van der Waals surface area (Å²) < 4.78 is 27.2. The van der Waals surface area contributed by atoms with Gasteiger partial charge < -0.3 is 0 Å². The van der Waals surface area contributed by atoms with E-state index in [0.717, 1.165) is 8.99 Å². The van der Waals surface area contributed by atoms with Gasteiger partial charge in [0.15, 0.2) is 4.60 Å². The van der Waals surface area contributed by atoms with E-state index in [9.17, 15) is 13.2 Å². The average Bonchev–Trinajstić information content (AvgIpc) is 2.83. The third-order valence-corrected chi connectivity index (χ3v) is 6.01. The summed E-state index contributed by atoms with van der Waals surface area (Å²) in [5, 5.41) is 7.19. The Kier molecular flexibility index (Phi) is 3.69. The van der Waals surface area contributed by atoms with E-state index in [1.54, 1.807) is 0 Å². The zero-order chi connectivity index (χ0) is 14.4. The summed E-state index contributed by atoms with van der Waals surface area (Å²) in [5.74, 6) is -0.0497. The SMILES string of the molecule is CC(C)C1CC(=O)N(S(=O)(=O)c2c(Br)nnn2C)C1. The topological polar surface area (TPSA) is 85.2 Å². The molecule has 1 aliphatic heterocycles.